The van der Waals surface area contributed by atoms with E-state index in [1.165, 1.54) is 23.0 Å². The van der Waals surface area contributed by atoms with Crippen LogP contribution in [0.25, 0.3) is 0 Å². The van der Waals surface area contributed by atoms with E-state index in [0.29, 0.717) is 0 Å². The van der Waals surface area contributed by atoms with E-state index in [2.05, 4.69) is 88.9 Å². The van der Waals surface area contributed by atoms with Crippen molar-refractivity contribution in [2.75, 3.05) is 12.4 Å². The van der Waals surface area contributed by atoms with Crippen LogP contribution in [-0.4, -0.2) is 19.0 Å². The molecule has 0 aliphatic carbocycles. The first-order chi connectivity index (χ1) is 16.6. The standard InChI is InChI=1S/C29H28NO3P/c1-33-29(32)21-28(31)30-27-20-12-11-13-23(27)22-34(24-14-5-2-6-15-24,25-16-7-3-8-17-25)26-18-9-4-10-19-26/h2-20,34H,21-22H2,1H3,(H,30,31). The number of para-hydroxylation sites is 1. The normalized spacial score (nSPS) is 11.4. The Bertz CT molecular complexity index is 1150. The van der Waals surface area contributed by atoms with Gasteiger partial charge in [0.2, 0.25) is 0 Å². The molecule has 0 unspecified atom stereocenters. The molecule has 0 radical (unpaired) electrons. The molecule has 4 aromatic carbocycles. The average Bonchev–Trinajstić information content (AvgIpc) is 2.89. The van der Waals surface area contributed by atoms with E-state index in [0.717, 1.165) is 17.4 Å². The Balaban J connectivity index is 1.86. The van der Waals surface area contributed by atoms with Crippen LogP contribution in [0.15, 0.2) is 115 Å². The molecule has 0 saturated heterocycles. The summed E-state index contributed by atoms with van der Waals surface area (Å²) in [6, 6.07) is 39.8. The van der Waals surface area contributed by atoms with Crippen LogP contribution in [0.3, 0.4) is 0 Å². The van der Waals surface area contributed by atoms with E-state index in [4.69, 9.17) is 0 Å². The van der Waals surface area contributed by atoms with Gasteiger partial charge < -0.3 is 0 Å². The van der Waals surface area contributed by atoms with Gasteiger partial charge in [0.15, 0.2) is 0 Å². The molecule has 34 heavy (non-hydrogen) atoms. The molecule has 4 nitrogen and oxygen atoms in total. The zero-order chi connectivity index (χ0) is 23.8. The van der Waals surface area contributed by atoms with Gasteiger partial charge in [-0.3, -0.25) is 0 Å². The van der Waals surface area contributed by atoms with Crippen molar-refractivity contribution in [3.63, 3.8) is 0 Å². The SMILES string of the molecule is COC(=O)CC(=O)Nc1ccccc1C[PH](c1ccccc1)(c1ccccc1)c1ccccc1. The fourth-order valence-electron chi connectivity index (χ4n) is 4.45. The molecule has 0 heterocycles. The van der Waals surface area contributed by atoms with Crippen molar-refractivity contribution in [3.05, 3.63) is 121 Å². The number of methoxy groups -OCH3 is 1. The number of carbonyl (C=O) groups is 2. The first-order valence-corrected chi connectivity index (χ1v) is 13.5. The number of hydrogen-bond acceptors (Lipinski definition) is 3. The van der Waals surface area contributed by atoms with Crippen molar-refractivity contribution in [1.82, 2.24) is 0 Å². The molecule has 0 aliphatic rings. The monoisotopic (exact) mass is 469 g/mol. The molecule has 0 fully saturated rings. The number of rotatable bonds is 8. The Labute approximate surface area is 200 Å². The molecule has 0 bridgehead atoms. The Morgan fingerprint density at radius 2 is 1.12 bits per heavy atom. The van der Waals surface area contributed by atoms with Gasteiger partial charge in [0.25, 0.3) is 0 Å². The van der Waals surface area contributed by atoms with Gasteiger partial charge in [-0.05, 0) is 0 Å². The summed E-state index contributed by atoms with van der Waals surface area (Å²) in [5, 5.41) is 6.82. The van der Waals surface area contributed by atoms with E-state index in [1.807, 2.05) is 36.4 Å². The quantitative estimate of drug-likeness (QED) is 0.236. The van der Waals surface area contributed by atoms with Crippen LogP contribution in [0.2, 0.25) is 0 Å². The molecule has 1 N–H and O–H groups in total. The van der Waals surface area contributed by atoms with E-state index in [-0.39, 0.29) is 12.3 Å². The summed E-state index contributed by atoms with van der Waals surface area (Å²) in [6.45, 7) is 0. The Morgan fingerprint density at radius 3 is 1.59 bits per heavy atom. The number of ether oxygens (including phenoxy) is 1. The summed E-state index contributed by atoms with van der Waals surface area (Å²) >= 11 is 0. The van der Waals surface area contributed by atoms with Crippen LogP contribution >= 0.6 is 7.26 Å². The van der Waals surface area contributed by atoms with E-state index in [1.54, 1.807) is 0 Å². The third-order valence-electron chi connectivity index (χ3n) is 6.08. The van der Waals surface area contributed by atoms with Crippen LogP contribution in [0.1, 0.15) is 12.0 Å². The fourth-order valence-corrected chi connectivity index (χ4v) is 9.23. The molecule has 0 atom stereocenters. The topological polar surface area (TPSA) is 55.4 Å². The van der Waals surface area contributed by atoms with Crippen molar-refractivity contribution in [2.45, 2.75) is 12.6 Å². The number of amides is 1. The molecule has 1 amide bonds. The summed E-state index contributed by atoms with van der Waals surface area (Å²) in [6.07, 6.45) is 0.434. The molecule has 172 valence electrons. The number of benzene rings is 4. The first kappa shape index (κ1) is 23.4. The van der Waals surface area contributed by atoms with Crippen LogP contribution in [0.4, 0.5) is 5.69 Å². The summed E-state index contributed by atoms with van der Waals surface area (Å²) in [7, 11) is -1.25. The van der Waals surface area contributed by atoms with Crippen molar-refractivity contribution in [3.8, 4) is 0 Å². The maximum absolute atomic E-state index is 12.5. The van der Waals surface area contributed by atoms with Gasteiger partial charge in [0, 0.05) is 0 Å². The summed E-state index contributed by atoms with van der Waals surface area (Å²) in [4.78, 5) is 24.1. The van der Waals surface area contributed by atoms with Crippen LogP contribution in [0, 0.1) is 0 Å². The fraction of sp³-hybridized carbons (Fsp3) is 0.103. The molecular weight excluding hydrogens is 441 g/mol. The second-order valence-electron chi connectivity index (χ2n) is 8.14. The number of carbonyl (C=O) groups excluding carboxylic acids is 2. The third kappa shape index (κ3) is 5.08. The maximum atomic E-state index is 12.5. The van der Waals surface area contributed by atoms with Gasteiger partial charge in [-0.25, -0.2) is 0 Å². The van der Waals surface area contributed by atoms with E-state index >= 15 is 0 Å². The Hall–Kier alpha value is -3.75. The molecule has 4 aromatic rings. The van der Waals surface area contributed by atoms with Crippen LogP contribution < -0.4 is 21.2 Å². The van der Waals surface area contributed by atoms with Gasteiger partial charge >= 0.3 is 201 Å². The van der Waals surface area contributed by atoms with Gasteiger partial charge in [0.1, 0.15) is 0 Å². The van der Waals surface area contributed by atoms with Crippen molar-refractivity contribution >= 4 is 40.7 Å². The predicted octanol–water partition coefficient (Wildman–Crippen LogP) is 4.41. The number of nitrogens with one attached hydrogen (secondary N) is 1. The van der Waals surface area contributed by atoms with Gasteiger partial charge in [0.05, 0.1) is 0 Å². The first-order valence-electron chi connectivity index (χ1n) is 11.2. The third-order valence-corrected chi connectivity index (χ3v) is 10.9. The molecule has 0 aliphatic heterocycles. The van der Waals surface area contributed by atoms with Crippen molar-refractivity contribution in [2.24, 2.45) is 0 Å². The van der Waals surface area contributed by atoms with Gasteiger partial charge in [-0.2, -0.15) is 0 Å². The number of hydrogen-bond donors (Lipinski definition) is 1. The molecule has 0 spiro atoms. The van der Waals surface area contributed by atoms with Gasteiger partial charge in [-0.1, -0.05) is 0 Å². The summed E-state index contributed by atoms with van der Waals surface area (Å²) in [5.74, 6) is -0.942. The predicted molar refractivity (Wildman–Crippen MR) is 142 cm³/mol. The van der Waals surface area contributed by atoms with Crippen LogP contribution in [0.5, 0.6) is 0 Å². The summed E-state index contributed by atoms with van der Waals surface area (Å²) in [5.41, 5.74) is 1.75. The van der Waals surface area contributed by atoms with Crippen molar-refractivity contribution in [1.29, 1.82) is 0 Å². The molecular formula is C29H28NO3P. The second-order valence-corrected chi connectivity index (χ2v) is 12.0. The minimum absolute atomic E-state index is 0.316. The molecule has 4 rings (SSSR count). The molecule has 0 aromatic heterocycles. The zero-order valence-electron chi connectivity index (χ0n) is 19.1. The zero-order valence-corrected chi connectivity index (χ0v) is 20.1. The second kappa shape index (κ2) is 10.9. The van der Waals surface area contributed by atoms with Gasteiger partial charge in [-0.15, -0.1) is 0 Å². The average molecular weight is 470 g/mol. The van der Waals surface area contributed by atoms with Crippen LogP contribution in [-0.2, 0) is 20.5 Å². The molecule has 0 saturated carbocycles. The van der Waals surface area contributed by atoms with Crippen molar-refractivity contribution < 1.29 is 14.3 Å². The Kier molecular flexibility index (Phi) is 7.51. The Morgan fingerprint density at radius 1 is 0.676 bits per heavy atom. The molecule has 5 heteroatoms. The number of anilines is 1. The van der Waals surface area contributed by atoms with E-state index < -0.39 is 13.2 Å². The number of esters is 1. The summed E-state index contributed by atoms with van der Waals surface area (Å²) < 4.78 is 4.65. The minimum atomic E-state index is -2.53. The van der Waals surface area contributed by atoms with E-state index in [9.17, 15) is 9.59 Å².